The van der Waals surface area contributed by atoms with Crippen LogP contribution < -0.4 is 0 Å². The zero-order chi connectivity index (χ0) is 7.14. The molecule has 2 bridgehead atoms. The van der Waals surface area contributed by atoms with Gasteiger partial charge in [0.25, 0.3) is 0 Å². The van der Waals surface area contributed by atoms with Crippen LogP contribution in [0.1, 0.15) is 19.3 Å². The Morgan fingerprint density at radius 2 is 2.00 bits per heavy atom. The number of rotatable bonds is 1. The van der Waals surface area contributed by atoms with Gasteiger partial charge in [-0.1, -0.05) is 0 Å². The molecule has 0 aromatic carbocycles. The average molecular weight is 347 g/mol. The molecule has 1 nitrogen and oxygen atoms in total. The summed E-state index contributed by atoms with van der Waals surface area (Å²) in [4.78, 5) is 0. The quantitative estimate of drug-likeness (QED) is 0.718. The molecule has 0 aromatic rings. The summed E-state index contributed by atoms with van der Waals surface area (Å²) in [6, 6.07) is 0. The molecule has 2 aliphatic rings. The molecule has 4 unspecified atom stereocenters. The van der Waals surface area contributed by atoms with Gasteiger partial charge in [-0.05, 0) is 0 Å². The van der Waals surface area contributed by atoms with Crippen molar-refractivity contribution in [3.63, 3.8) is 0 Å². The number of aliphatic hydroxyl groups is 1. The second-order valence-corrected chi connectivity index (χ2v) is 11.2. The van der Waals surface area contributed by atoms with E-state index in [1.165, 1.54) is 19.3 Å². The Hall–Kier alpha value is 1.19. The Bertz CT molecular complexity index is 140. The molecule has 0 aliphatic heterocycles. The van der Waals surface area contributed by atoms with E-state index < -0.39 is 23.3 Å². The van der Waals surface area contributed by atoms with E-state index in [0.717, 1.165) is 5.92 Å². The Balaban J connectivity index is 2.10. The molecule has 0 amide bonds. The van der Waals surface area contributed by atoms with Crippen LogP contribution in [0.25, 0.3) is 0 Å². The molecule has 2 aliphatic carbocycles. The molecule has 4 atom stereocenters. The van der Waals surface area contributed by atoms with Crippen molar-refractivity contribution in [1.82, 2.24) is 0 Å². The van der Waals surface area contributed by atoms with Crippen LogP contribution in [0.15, 0.2) is 0 Å². The Morgan fingerprint density at radius 1 is 1.30 bits per heavy atom. The monoisotopic (exact) mass is 348 g/mol. The fourth-order valence-corrected chi connectivity index (χ4v) is 11.3. The first kappa shape index (κ1) is 7.81. The predicted octanol–water partition coefficient (Wildman–Crippen LogP) is 1.80. The fourth-order valence-electron chi connectivity index (χ4n) is 2.60. The zero-order valence-corrected chi connectivity index (χ0v) is 12.2. The Labute approximate surface area is 77.0 Å². The van der Waals surface area contributed by atoms with Gasteiger partial charge in [-0.2, -0.15) is 0 Å². The minimum absolute atomic E-state index is 0.0258. The molecule has 0 aromatic heterocycles. The van der Waals surface area contributed by atoms with Crippen molar-refractivity contribution in [2.24, 2.45) is 11.8 Å². The van der Waals surface area contributed by atoms with Gasteiger partial charge in [0.1, 0.15) is 0 Å². The average Bonchev–Trinajstić information content (AvgIpc) is 2.46. The summed E-state index contributed by atoms with van der Waals surface area (Å²) in [5.41, 5.74) is 0. The molecule has 0 radical (unpaired) electrons. The predicted molar refractivity (Wildman–Crippen MR) is 36.4 cm³/mol. The van der Waals surface area contributed by atoms with Gasteiger partial charge in [-0.3, -0.25) is 0 Å². The Morgan fingerprint density at radius 3 is 2.40 bits per heavy atom. The summed E-state index contributed by atoms with van der Waals surface area (Å²) in [7, 11) is 5.96. The molecule has 54 valence electrons. The van der Waals surface area contributed by atoms with E-state index in [0.29, 0.717) is 9.34 Å². The second-order valence-electron chi connectivity index (χ2n) is 3.64. The van der Waals surface area contributed by atoms with E-state index in [2.05, 4.69) is 0 Å². The maximum atomic E-state index is 9.65. The third kappa shape index (κ3) is 1.05. The molecular formula is C7H11ClHgO. The molecule has 0 saturated heterocycles. The van der Waals surface area contributed by atoms with Crippen LogP contribution in [0.4, 0.5) is 0 Å². The molecule has 2 rings (SSSR count). The van der Waals surface area contributed by atoms with Gasteiger partial charge in [0.15, 0.2) is 0 Å². The van der Waals surface area contributed by atoms with Gasteiger partial charge in [0, 0.05) is 0 Å². The van der Waals surface area contributed by atoms with Crippen LogP contribution in [0.2, 0.25) is 3.43 Å². The van der Waals surface area contributed by atoms with Gasteiger partial charge in [0.2, 0.25) is 0 Å². The summed E-state index contributed by atoms with van der Waals surface area (Å²) < 4.78 is 0.639. The molecule has 0 spiro atoms. The maximum absolute atomic E-state index is 9.65. The number of aliphatic hydroxyl groups excluding tert-OH is 1. The van der Waals surface area contributed by atoms with Crippen LogP contribution in [-0.4, -0.2) is 11.2 Å². The van der Waals surface area contributed by atoms with Crippen molar-refractivity contribution < 1.29 is 28.4 Å². The van der Waals surface area contributed by atoms with E-state index >= 15 is 0 Å². The first-order valence-corrected chi connectivity index (χ1v) is 14.0. The number of hydrogen-bond acceptors (Lipinski definition) is 1. The van der Waals surface area contributed by atoms with E-state index in [-0.39, 0.29) is 6.10 Å². The third-order valence-corrected chi connectivity index (χ3v) is 12.2. The van der Waals surface area contributed by atoms with Gasteiger partial charge in [-0.25, -0.2) is 0 Å². The molecular weight excluding hydrogens is 336 g/mol. The van der Waals surface area contributed by atoms with Crippen LogP contribution in [0, 0.1) is 11.8 Å². The van der Waals surface area contributed by atoms with Gasteiger partial charge >= 0.3 is 77.3 Å². The Kier molecular flexibility index (Phi) is 2.27. The van der Waals surface area contributed by atoms with E-state index in [9.17, 15) is 5.11 Å². The normalized spacial score (nSPS) is 51.4. The number of halogens is 1. The van der Waals surface area contributed by atoms with Crippen LogP contribution in [0.3, 0.4) is 0 Å². The molecule has 3 heteroatoms. The van der Waals surface area contributed by atoms with Crippen molar-refractivity contribution in [3.05, 3.63) is 0 Å². The van der Waals surface area contributed by atoms with E-state index in [1.807, 2.05) is 0 Å². The van der Waals surface area contributed by atoms with Crippen molar-refractivity contribution in [1.29, 1.82) is 0 Å². The number of hydrogen-bond donors (Lipinski definition) is 1. The SMILES string of the molecule is OC1C2CCC(C2)[CH]1[Hg][Cl]. The van der Waals surface area contributed by atoms with Crippen molar-refractivity contribution >= 4 is 8.25 Å². The summed E-state index contributed by atoms with van der Waals surface area (Å²) >= 11 is -1.13. The summed E-state index contributed by atoms with van der Waals surface area (Å²) in [6.07, 6.45) is 3.95. The fraction of sp³-hybridized carbons (Fsp3) is 1.00. The van der Waals surface area contributed by atoms with Crippen LogP contribution in [0.5, 0.6) is 0 Å². The van der Waals surface area contributed by atoms with Gasteiger partial charge in [-0.15, -0.1) is 0 Å². The molecule has 0 heterocycles. The van der Waals surface area contributed by atoms with Crippen molar-refractivity contribution in [3.8, 4) is 0 Å². The first-order chi connectivity index (χ1) is 4.83. The van der Waals surface area contributed by atoms with Crippen molar-refractivity contribution in [2.45, 2.75) is 28.8 Å². The first-order valence-electron chi connectivity index (χ1n) is 4.07. The molecule has 1 N–H and O–H groups in total. The minimum atomic E-state index is -1.13. The zero-order valence-electron chi connectivity index (χ0n) is 5.96. The van der Waals surface area contributed by atoms with Crippen LogP contribution >= 0.6 is 8.25 Å². The van der Waals surface area contributed by atoms with E-state index in [1.54, 1.807) is 0 Å². The van der Waals surface area contributed by atoms with Gasteiger partial charge in [0.05, 0.1) is 0 Å². The third-order valence-electron chi connectivity index (χ3n) is 3.22. The summed E-state index contributed by atoms with van der Waals surface area (Å²) in [5, 5.41) is 9.65. The molecule has 10 heavy (non-hydrogen) atoms. The standard InChI is InChI=1S/C7H11O.ClH.Hg/c8-7-4-5-1-2-6(7)3-5;;/h4-8H,1-3H2;1H;/q;;+1/p-1. The second kappa shape index (κ2) is 2.91. The molecule has 2 saturated carbocycles. The number of fused-ring (bicyclic) bond motifs is 2. The summed E-state index contributed by atoms with van der Waals surface area (Å²) in [6.45, 7) is 0. The van der Waals surface area contributed by atoms with Crippen LogP contribution in [-0.2, 0) is 23.3 Å². The summed E-state index contributed by atoms with van der Waals surface area (Å²) in [5.74, 6) is 1.49. The van der Waals surface area contributed by atoms with Gasteiger partial charge < -0.3 is 0 Å². The molecule has 2 fully saturated rings. The van der Waals surface area contributed by atoms with E-state index in [4.69, 9.17) is 8.25 Å². The van der Waals surface area contributed by atoms with Crippen molar-refractivity contribution in [2.75, 3.05) is 0 Å². The topological polar surface area (TPSA) is 20.2 Å².